The molecule has 4 rings (SSSR count). The van der Waals surface area contributed by atoms with Gasteiger partial charge in [-0.25, -0.2) is 0 Å². The number of benzene rings is 1. The van der Waals surface area contributed by atoms with Gasteiger partial charge in [0.05, 0.1) is 6.61 Å². The van der Waals surface area contributed by atoms with Crippen LogP contribution in [0.3, 0.4) is 0 Å². The van der Waals surface area contributed by atoms with Gasteiger partial charge in [0, 0.05) is 24.9 Å². The van der Waals surface area contributed by atoms with Gasteiger partial charge in [0.15, 0.2) is 11.5 Å². The molecule has 25 heavy (non-hydrogen) atoms. The highest BCUT2D eigenvalue weighted by molar-refractivity contribution is 5.77. The topological polar surface area (TPSA) is 59.0 Å². The zero-order valence-corrected chi connectivity index (χ0v) is 14.9. The second kappa shape index (κ2) is 6.20. The smallest absolute Gasteiger partial charge is 0.231 e. The van der Waals surface area contributed by atoms with Crippen LogP contribution >= 0.6 is 0 Å². The van der Waals surface area contributed by atoms with Gasteiger partial charge in [0.25, 0.3) is 0 Å². The molecule has 2 heterocycles. The Kier molecular flexibility index (Phi) is 4.14. The number of carbonyl (C=O) groups excluding carboxylic acids is 1. The Hall–Kier alpha value is -1.75. The van der Waals surface area contributed by atoms with E-state index in [1.54, 1.807) is 0 Å². The van der Waals surface area contributed by atoms with Crippen molar-refractivity contribution in [2.24, 2.45) is 10.8 Å². The summed E-state index contributed by atoms with van der Waals surface area (Å²) >= 11 is 0. The predicted octanol–water partition coefficient (Wildman–Crippen LogP) is 2.75. The fourth-order valence-electron chi connectivity index (χ4n) is 4.47. The summed E-state index contributed by atoms with van der Waals surface area (Å²) in [5, 5.41) is 9.74. The van der Waals surface area contributed by atoms with Crippen molar-refractivity contribution in [2.75, 3.05) is 26.5 Å². The van der Waals surface area contributed by atoms with E-state index in [0.29, 0.717) is 19.8 Å². The van der Waals surface area contributed by atoms with Crippen LogP contribution in [0.25, 0.3) is 0 Å². The molecule has 1 aliphatic carbocycles. The summed E-state index contributed by atoms with van der Waals surface area (Å²) in [6.07, 6.45) is 5.65. The first kappa shape index (κ1) is 16.7. The Labute approximate surface area is 148 Å². The summed E-state index contributed by atoms with van der Waals surface area (Å²) in [4.78, 5) is 14.4. The van der Waals surface area contributed by atoms with E-state index in [0.717, 1.165) is 50.1 Å². The first-order chi connectivity index (χ1) is 12.0. The van der Waals surface area contributed by atoms with Crippen LogP contribution < -0.4 is 9.47 Å². The highest BCUT2D eigenvalue weighted by Gasteiger charge is 2.42. The lowest BCUT2D eigenvalue weighted by Crippen LogP contribution is -2.53. The Morgan fingerprint density at radius 3 is 2.72 bits per heavy atom. The maximum absolute atomic E-state index is 12.4. The first-order valence-corrected chi connectivity index (χ1v) is 9.28. The normalized spacial score (nSPS) is 27.3. The molecule has 1 N–H and O–H groups in total. The van der Waals surface area contributed by atoms with Gasteiger partial charge in [-0.2, -0.15) is 0 Å². The second-order valence-electron chi connectivity index (χ2n) is 8.44. The minimum Gasteiger partial charge on any atom is -0.454 e. The van der Waals surface area contributed by atoms with Crippen molar-refractivity contribution in [3.05, 3.63) is 23.8 Å². The third kappa shape index (κ3) is 3.22. The van der Waals surface area contributed by atoms with Crippen LogP contribution in [-0.4, -0.2) is 42.4 Å². The van der Waals surface area contributed by atoms with Crippen LogP contribution in [-0.2, 0) is 11.2 Å². The number of likely N-dealkylation sites (tertiary alicyclic amines) is 1. The van der Waals surface area contributed by atoms with Crippen LogP contribution in [0.5, 0.6) is 11.5 Å². The number of aliphatic hydroxyl groups is 1. The first-order valence-electron chi connectivity index (χ1n) is 9.28. The van der Waals surface area contributed by atoms with Crippen molar-refractivity contribution in [2.45, 2.75) is 45.4 Å². The molecule has 1 aromatic rings. The average Bonchev–Trinajstić information content (AvgIpc) is 3.02. The van der Waals surface area contributed by atoms with Crippen molar-refractivity contribution >= 4 is 5.91 Å². The molecule has 136 valence electrons. The third-order valence-corrected chi connectivity index (χ3v) is 6.21. The van der Waals surface area contributed by atoms with Gasteiger partial charge < -0.3 is 19.5 Å². The minimum atomic E-state index is -0.0489. The van der Waals surface area contributed by atoms with Crippen LogP contribution in [0, 0.1) is 10.8 Å². The molecule has 1 saturated carbocycles. The molecule has 5 heteroatoms. The fraction of sp³-hybridized carbons (Fsp3) is 0.650. The van der Waals surface area contributed by atoms with E-state index >= 15 is 0 Å². The third-order valence-electron chi connectivity index (χ3n) is 6.21. The average molecular weight is 345 g/mol. The largest absolute Gasteiger partial charge is 0.454 e. The summed E-state index contributed by atoms with van der Waals surface area (Å²) in [7, 11) is 0. The molecular formula is C20H27NO4. The number of hydrogen-bond donors (Lipinski definition) is 1. The molecule has 5 nitrogen and oxygen atoms in total. The summed E-state index contributed by atoms with van der Waals surface area (Å²) in [5.74, 6) is 1.87. The van der Waals surface area contributed by atoms with Gasteiger partial charge in [-0.05, 0) is 48.8 Å². The van der Waals surface area contributed by atoms with Crippen LogP contribution in [0.15, 0.2) is 18.2 Å². The van der Waals surface area contributed by atoms with Crippen molar-refractivity contribution in [3.8, 4) is 11.5 Å². The zero-order chi connectivity index (χ0) is 17.5. The molecular weight excluding hydrogens is 318 g/mol. The van der Waals surface area contributed by atoms with Crippen molar-refractivity contribution in [3.63, 3.8) is 0 Å². The number of amides is 1. The molecule has 3 aliphatic rings. The predicted molar refractivity (Wildman–Crippen MR) is 93.6 cm³/mol. The van der Waals surface area contributed by atoms with Gasteiger partial charge in [-0.1, -0.05) is 19.4 Å². The number of ether oxygens (including phenoxy) is 2. The van der Waals surface area contributed by atoms with Crippen molar-refractivity contribution in [1.82, 2.24) is 4.90 Å². The molecule has 0 spiro atoms. The van der Waals surface area contributed by atoms with E-state index in [1.807, 2.05) is 11.0 Å². The number of carbonyl (C=O) groups is 1. The highest BCUT2D eigenvalue weighted by Crippen LogP contribution is 2.43. The van der Waals surface area contributed by atoms with Crippen LogP contribution in [0.2, 0.25) is 0 Å². The number of hydrogen-bond acceptors (Lipinski definition) is 4. The Morgan fingerprint density at radius 1 is 1.20 bits per heavy atom. The standard InChI is InChI=1S/C20H27NO4/c1-19(10-15-3-4-16-17(9-15)25-14-24-16)8-5-18(23)21(11-19)12-20(13-22)6-2-7-20/h3-4,9,22H,2,5-8,10-14H2,1H3. The Morgan fingerprint density at radius 2 is 2.00 bits per heavy atom. The Bertz CT molecular complexity index is 664. The highest BCUT2D eigenvalue weighted by atomic mass is 16.7. The molecule has 1 amide bonds. The van der Waals surface area contributed by atoms with E-state index in [9.17, 15) is 9.90 Å². The second-order valence-corrected chi connectivity index (χ2v) is 8.44. The molecule has 1 atom stereocenters. The van der Waals surface area contributed by atoms with E-state index in [2.05, 4.69) is 19.1 Å². The maximum Gasteiger partial charge on any atom is 0.231 e. The summed E-state index contributed by atoms with van der Waals surface area (Å²) in [6.45, 7) is 4.22. The zero-order valence-electron chi connectivity index (χ0n) is 14.9. The molecule has 0 bridgehead atoms. The van der Waals surface area contributed by atoms with Crippen LogP contribution in [0.4, 0.5) is 0 Å². The van der Waals surface area contributed by atoms with Gasteiger partial charge in [-0.15, -0.1) is 0 Å². The number of fused-ring (bicyclic) bond motifs is 1. The summed E-state index contributed by atoms with van der Waals surface area (Å²) < 4.78 is 10.9. The Balaban J connectivity index is 1.46. The lowest BCUT2D eigenvalue weighted by atomic mass is 9.68. The molecule has 1 aromatic carbocycles. The quantitative estimate of drug-likeness (QED) is 0.891. The van der Waals surface area contributed by atoms with Gasteiger partial charge in [-0.3, -0.25) is 4.79 Å². The molecule has 2 aliphatic heterocycles. The fourth-order valence-corrected chi connectivity index (χ4v) is 4.47. The van der Waals surface area contributed by atoms with E-state index in [1.165, 1.54) is 5.56 Å². The SMILES string of the molecule is CC1(Cc2ccc3c(c2)OCO3)CCC(=O)N(CC2(CO)CCC2)C1. The van der Waals surface area contributed by atoms with E-state index in [4.69, 9.17) is 9.47 Å². The molecule has 1 unspecified atom stereocenters. The van der Waals surface area contributed by atoms with Crippen molar-refractivity contribution in [1.29, 1.82) is 0 Å². The molecule has 2 fully saturated rings. The molecule has 0 aromatic heterocycles. The van der Waals surface area contributed by atoms with E-state index in [-0.39, 0.29) is 23.3 Å². The number of rotatable bonds is 5. The minimum absolute atomic E-state index is 0.0489. The summed E-state index contributed by atoms with van der Waals surface area (Å²) in [6, 6.07) is 6.14. The van der Waals surface area contributed by atoms with Gasteiger partial charge in [0.1, 0.15) is 0 Å². The number of aliphatic hydroxyl groups excluding tert-OH is 1. The summed E-state index contributed by atoms with van der Waals surface area (Å²) in [5.41, 5.74) is 1.23. The van der Waals surface area contributed by atoms with E-state index < -0.39 is 0 Å². The number of piperidine rings is 1. The van der Waals surface area contributed by atoms with Gasteiger partial charge in [0.2, 0.25) is 12.7 Å². The molecule has 0 radical (unpaired) electrons. The molecule has 1 saturated heterocycles. The lowest BCUT2D eigenvalue weighted by molar-refractivity contribution is -0.141. The maximum atomic E-state index is 12.4. The van der Waals surface area contributed by atoms with Crippen LogP contribution in [0.1, 0.15) is 44.6 Å². The monoisotopic (exact) mass is 345 g/mol. The van der Waals surface area contributed by atoms with Crippen molar-refractivity contribution < 1.29 is 19.4 Å². The lowest BCUT2D eigenvalue weighted by Gasteiger charge is -2.48. The number of nitrogens with zero attached hydrogens (tertiary/aromatic N) is 1. The van der Waals surface area contributed by atoms with Gasteiger partial charge >= 0.3 is 0 Å².